The Balaban J connectivity index is 4.55. The third-order valence-corrected chi connectivity index (χ3v) is 3.09. The van der Waals surface area contributed by atoms with E-state index >= 15 is 0 Å². The Hall–Kier alpha value is -0.630. The van der Waals surface area contributed by atoms with E-state index in [1.807, 2.05) is 0 Å². The summed E-state index contributed by atoms with van der Waals surface area (Å²) in [4.78, 5) is 0. The van der Waals surface area contributed by atoms with Crippen molar-refractivity contribution < 1.29 is 39.5 Å². The molecule has 0 aromatic heterocycles. The molecule has 0 aliphatic carbocycles. The molecule has 0 saturated heterocycles. The molecule has 0 aromatic carbocycles. The van der Waals surface area contributed by atoms with Crippen LogP contribution in [0.25, 0.3) is 0 Å². The molecule has 21 heavy (non-hydrogen) atoms. The van der Waals surface area contributed by atoms with Crippen LogP contribution in [0.3, 0.4) is 0 Å². The van der Waals surface area contributed by atoms with Crippen molar-refractivity contribution >= 4 is 0 Å². The second kappa shape index (κ2) is 6.64. The summed E-state index contributed by atoms with van der Waals surface area (Å²) in [6, 6.07) is 0. The average Bonchev–Trinajstić information content (AvgIpc) is 2.19. The maximum absolute atomic E-state index is 13.4. The van der Waals surface area contributed by atoms with Crippen LogP contribution in [0.4, 0.5) is 39.5 Å². The SMILES string of the molecule is CC(CCCCC(C)(F)F)CC(F)(C(F)(F)F)C(F)(F)F. The molecule has 0 spiro atoms. The fraction of sp³-hybridized carbons (Fsp3) is 1.00. The zero-order valence-electron chi connectivity index (χ0n) is 11.5. The van der Waals surface area contributed by atoms with Gasteiger partial charge in [0.05, 0.1) is 0 Å². The van der Waals surface area contributed by atoms with Gasteiger partial charge in [-0.3, -0.25) is 0 Å². The largest absolute Gasteiger partial charge is 0.431 e. The molecule has 0 amide bonds. The number of halogens is 9. The van der Waals surface area contributed by atoms with Crippen LogP contribution in [-0.2, 0) is 0 Å². The molecule has 128 valence electrons. The van der Waals surface area contributed by atoms with Gasteiger partial charge in [-0.2, -0.15) is 26.3 Å². The third kappa shape index (κ3) is 6.34. The number of alkyl halides is 9. The fourth-order valence-corrected chi connectivity index (χ4v) is 1.90. The number of hydrogen-bond donors (Lipinski definition) is 0. The maximum Gasteiger partial charge on any atom is 0.431 e. The Morgan fingerprint density at radius 1 is 0.762 bits per heavy atom. The van der Waals surface area contributed by atoms with Gasteiger partial charge in [0.2, 0.25) is 5.92 Å². The summed E-state index contributed by atoms with van der Waals surface area (Å²) in [7, 11) is 0. The van der Waals surface area contributed by atoms with Crippen molar-refractivity contribution in [3.05, 3.63) is 0 Å². The monoisotopic (exact) mass is 332 g/mol. The standard InChI is InChI=1S/C12H17F9/c1-8(5-3-4-6-9(2,13)14)7-10(15,11(16,17)18)12(19,20)21/h8H,3-7H2,1-2H3. The average molecular weight is 332 g/mol. The van der Waals surface area contributed by atoms with E-state index in [4.69, 9.17) is 0 Å². The fourth-order valence-electron chi connectivity index (χ4n) is 1.90. The lowest BCUT2D eigenvalue weighted by Crippen LogP contribution is -2.54. The Bertz CT molecular complexity index is 296. The van der Waals surface area contributed by atoms with E-state index in [9.17, 15) is 39.5 Å². The van der Waals surface area contributed by atoms with Crippen LogP contribution in [0.2, 0.25) is 0 Å². The first-order valence-electron chi connectivity index (χ1n) is 6.30. The molecule has 0 nitrogen and oxygen atoms in total. The van der Waals surface area contributed by atoms with E-state index in [1.54, 1.807) is 0 Å². The molecule has 0 aromatic rings. The lowest BCUT2D eigenvalue weighted by Gasteiger charge is -2.32. The summed E-state index contributed by atoms with van der Waals surface area (Å²) in [6.07, 6.45) is -14.6. The summed E-state index contributed by atoms with van der Waals surface area (Å²) < 4.78 is 112. The van der Waals surface area contributed by atoms with E-state index in [-0.39, 0.29) is 19.3 Å². The molecule has 1 unspecified atom stereocenters. The van der Waals surface area contributed by atoms with E-state index in [2.05, 4.69) is 0 Å². The van der Waals surface area contributed by atoms with Gasteiger partial charge in [0.1, 0.15) is 0 Å². The minimum Gasteiger partial charge on any atom is -0.224 e. The predicted molar refractivity (Wildman–Crippen MR) is 58.8 cm³/mol. The Kier molecular flexibility index (Phi) is 6.44. The minimum atomic E-state index is -6.06. The molecule has 0 heterocycles. The molecule has 0 aliphatic rings. The first kappa shape index (κ1) is 20.4. The summed E-state index contributed by atoms with van der Waals surface area (Å²) in [5.41, 5.74) is -5.27. The molecule has 9 heteroatoms. The van der Waals surface area contributed by atoms with Gasteiger partial charge in [0.15, 0.2) is 0 Å². The second-order valence-electron chi connectivity index (χ2n) is 5.42. The highest BCUT2D eigenvalue weighted by atomic mass is 19.4. The molecule has 1 atom stereocenters. The van der Waals surface area contributed by atoms with Gasteiger partial charge in [0, 0.05) is 12.8 Å². The smallest absolute Gasteiger partial charge is 0.224 e. The van der Waals surface area contributed by atoms with Crippen molar-refractivity contribution in [3.63, 3.8) is 0 Å². The van der Waals surface area contributed by atoms with Crippen molar-refractivity contribution in [2.45, 2.75) is 69.9 Å². The van der Waals surface area contributed by atoms with Gasteiger partial charge in [-0.15, -0.1) is 0 Å². The summed E-state index contributed by atoms with van der Waals surface area (Å²) in [5, 5.41) is 0. The maximum atomic E-state index is 13.4. The van der Waals surface area contributed by atoms with Gasteiger partial charge in [-0.1, -0.05) is 19.8 Å². The molecule has 0 bridgehead atoms. The van der Waals surface area contributed by atoms with Gasteiger partial charge in [-0.05, 0) is 19.3 Å². The highest BCUT2D eigenvalue weighted by Gasteiger charge is 2.72. The molecular formula is C12H17F9. The molecule has 0 N–H and O–H groups in total. The first-order valence-corrected chi connectivity index (χ1v) is 6.30. The Morgan fingerprint density at radius 2 is 1.19 bits per heavy atom. The van der Waals surface area contributed by atoms with E-state index < -0.39 is 42.7 Å². The summed E-state index contributed by atoms with van der Waals surface area (Å²) in [6.45, 7) is 1.70. The van der Waals surface area contributed by atoms with Crippen LogP contribution in [-0.4, -0.2) is 23.9 Å². The molecule has 0 fully saturated rings. The highest BCUT2D eigenvalue weighted by molar-refractivity contribution is 4.95. The first-order chi connectivity index (χ1) is 9.10. The van der Waals surface area contributed by atoms with Crippen molar-refractivity contribution in [1.29, 1.82) is 0 Å². The van der Waals surface area contributed by atoms with Crippen molar-refractivity contribution in [3.8, 4) is 0 Å². The molecular weight excluding hydrogens is 315 g/mol. The highest BCUT2D eigenvalue weighted by Crippen LogP contribution is 2.50. The van der Waals surface area contributed by atoms with E-state index in [0.717, 1.165) is 6.92 Å². The van der Waals surface area contributed by atoms with Crippen LogP contribution >= 0.6 is 0 Å². The third-order valence-electron chi connectivity index (χ3n) is 3.09. The van der Waals surface area contributed by atoms with E-state index in [1.165, 1.54) is 0 Å². The number of hydrogen-bond acceptors (Lipinski definition) is 0. The predicted octanol–water partition coefficient (Wildman–Crippen LogP) is 6.06. The summed E-state index contributed by atoms with van der Waals surface area (Å²) in [5.74, 6) is -4.17. The van der Waals surface area contributed by atoms with Crippen molar-refractivity contribution in [2.24, 2.45) is 5.92 Å². The van der Waals surface area contributed by atoms with Crippen LogP contribution in [0, 0.1) is 5.92 Å². The van der Waals surface area contributed by atoms with Crippen LogP contribution in [0.5, 0.6) is 0 Å². The number of unbranched alkanes of at least 4 members (excludes halogenated alkanes) is 1. The lowest BCUT2D eigenvalue weighted by molar-refractivity contribution is -0.345. The van der Waals surface area contributed by atoms with Crippen molar-refractivity contribution in [1.82, 2.24) is 0 Å². The Morgan fingerprint density at radius 3 is 1.52 bits per heavy atom. The van der Waals surface area contributed by atoms with Crippen LogP contribution < -0.4 is 0 Å². The molecule has 0 rings (SSSR count). The van der Waals surface area contributed by atoms with Gasteiger partial charge >= 0.3 is 12.4 Å². The van der Waals surface area contributed by atoms with E-state index in [0.29, 0.717) is 6.92 Å². The topological polar surface area (TPSA) is 0 Å². The van der Waals surface area contributed by atoms with Crippen LogP contribution in [0.15, 0.2) is 0 Å². The second-order valence-corrected chi connectivity index (χ2v) is 5.42. The van der Waals surface area contributed by atoms with Gasteiger partial charge in [-0.25, -0.2) is 13.2 Å². The number of rotatable bonds is 7. The summed E-state index contributed by atoms with van der Waals surface area (Å²) >= 11 is 0. The molecule has 0 saturated carbocycles. The quantitative estimate of drug-likeness (QED) is 0.392. The van der Waals surface area contributed by atoms with Crippen LogP contribution in [0.1, 0.15) is 46.0 Å². The van der Waals surface area contributed by atoms with Gasteiger partial charge < -0.3 is 0 Å². The van der Waals surface area contributed by atoms with Crippen molar-refractivity contribution in [2.75, 3.05) is 0 Å². The van der Waals surface area contributed by atoms with Gasteiger partial charge in [0.25, 0.3) is 5.67 Å². The lowest BCUT2D eigenvalue weighted by atomic mass is 9.88. The molecule has 0 aliphatic heterocycles. The Labute approximate surface area is 116 Å². The normalized spacial score (nSPS) is 16.1. The minimum absolute atomic E-state index is 0.0103. The zero-order chi connectivity index (χ0) is 17.1. The zero-order valence-corrected chi connectivity index (χ0v) is 11.5. The molecule has 0 radical (unpaired) electrons.